The Morgan fingerprint density at radius 3 is 2.76 bits per heavy atom. The summed E-state index contributed by atoms with van der Waals surface area (Å²) in [5.41, 5.74) is 1.51. The Morgan fingerprint density at radius 2 is 2.00 bits per heavy atom. The van der Waals surface area contributed by atoms with Crippen LogP contribution in [-0.2, 0) is 4.79 Å². The average Bonchev–Trinajstić information content (AvgIpc) is 2.88. The first kappa shape index (κ1) is 13.1. The summed E-state index contributed by atoms with van der Waals surface area (Å²) in [7, 11) is 0. The van der Waals surface area contributed by atoms with Crippen LogP contribution in [0.1, 0.15) is 5.56 Å². The maximum absolute atomic E-state index is 12.8. The molecule has 2 aromatic heterocycles. The van der Waals surface area contributed by atoms with Crippen LogP contribution in [0.15, 0.2) is 60.9 Å². The molecular formula is C16H12FN3O. The number of fused-ring (bicyclic) bond motifs is 1. The molecule has 2 heterocycles. The molecule has 5 heteroatoms. The lowest BCUT2D eigenvalue weighted by Crippen LogP contribution is -2.07. The average molecular weight is 281 g/mol. The van der Waals surface area contributed by atoms with Crippen molar-refractivity contribution in [3.8, 4) is 0 Å². The summed E-state index contributed by atoms with van der Waals surface area (Å²) in [6.45, 7) is 0. The van der Waals surface area contributed by atoms with Crippen LogP contribution in [0.3, 0.4) is 0 Å². The highest BCUT2D eigenvalue weighted by atomic mass is 19.1. The van der Waals surface area contributed by atoms with Gasteiger partial charge in [-0.2, -0.15) is 0 Å². The van der Waals surface area contributed by atoms with E-state index in [4.69, 9.17) is 0 Å². The number of nitrogens with zero attached hydrogens (tertiary/aromatic N) is 2. The van der Waals surface area contributed by atoms with Gasteiger partial charge >= 0.3 is 0 Å². The van der Waals surface area contributed by atoms with Crippen LogP contribution >= 0.6 is 0 Å². The van der Waals surface area contributed by atoms with Crippen molar-refractivity contribution in [1.82, 2.24) is 9.38 Å². The van der Waals surface area contributed by atoms with Gasteiger partial charge in [-0.05, 0) is 35.9 Å². The van der Waals surface area contributed by atoms with Crippen molar-refractivity contribution in [1.29, 1.82) is 0 Å². The molecule has 0 aliphatic heterocycles. The molecular weight excluding hydrogens is 269 g/mol. The summed E-state index contributed by atoms with van der Waals surface area (Å²) >= 11 is 0. The predicted molar refractivity (Wildman–Crippen MR) is 79.3 cm³/mol. The van der Waals surface area contributed by atoms with Crippen LogP contribution in [-0.4, -0.2) is 15.3 Å². The van der Waals surface area contributed by atoms with Gasteiger partial charge in [0, 0.05) is 12.3 Å². The smallest absolute Gasteiger partial charge is 0.249 e. The number of rotatable bonds is 3. The van der Waals surface area contributed by atoms with E-state index in [0.717, 1.165) is 11.2 Å². The second-order valence-corrected chi connectivity index (χ2v) is 4.47. The molecule has 21 heavy (non-hydrogen) atoms. The number of anilines is 1. The molecule has 3 rings (SSSR count). The van der Waals surface area contributed by atoms with E-state index in [1.165, 1.54) is 18.2 Å². The number of nitrogens with one attached hydrogen (secondary N) is 1. The van der Waals surface area contributed by atoms with Crippen molar-refractivity contribution in [2.45, 2.75) is 0 Å². The highest BCUT2D eigenvalue weighted by molar-refractivity contribution is 6.01. The van der Waals surface area contributed by atoms with Gasteiger partial charge in [-0.3, -0.25) is 4.79 Å². The predicted octanol–water partition coefficient (Wildman–Crippen LogP) is 3.13. The minimum Gasteiger partial charge on any atom is -0.306 e. The fraction of sp³-hybridized carbons (Fsp3) is 0. The van der Waals surface area contributed by atoms with Gasteiger partial charge in [-0.15, -0.1) is 0 Å². The van der Waals surface area contributed by atoms with Crippen molar-refractivity contribution in [2.24, 2.45) is 0 Å². The Bertz CT molecular complexity index is 773. The fourth-order valence-corrected chi connectivity index (χ4v) is 1.91. The van der Waals surface area contributed by atoms with Crippen molar-refractivity contribution in [2.75, 3.05) is 5.32 Å². The molecule has 0 unspecified atom stereocenters. The number of aromatic nitrogens is 2. The third-order valence-electron chi connectivity index (χ3n) is 2.91. The highest BCUT2D eigenvalue weighted by Gasteiger charge is 2.03. The standard InChI is InChI=1S/C16H12FN3O/c17-13-7-4-12(5-8-13)6-9-16(21)19-14-11-20-10-2-1-3-15(20)18-14/h1-11H,(H,19,21)/b9-6+. The SMILES string of the molecule is O=C(/C=C/c1ccc(F)cc1)Nc1cn2ccccc2n1. The lowest BCUT2D eigenvalue weighted by Gasteiger charge is -1.96. The van der Waals surface area contributed by atoms with Crippen LogP contribution in [0.4, 0.5) is 10.2 Å². The molecule has 1 aromatic carbocycles. The molecule has 0 radical (unpaired) electrons. The monoisotopic (exact) mass is 281 g/mol. The number of amides is 1. The maximum atomic E-state index is 12.8. The van der Waals surface area contributed by atoms with E-state index in [-0.39, 0.29) is 11.7 Å². The van der Waals surface area contributed by atoms with Crippen LogP contribution in [0.2, 0.25) is 0 Å². The number of pyridine rings is 1. The normalized spacial score (nSPS) is 11.1. The molecule has 1 N–H and O–H groups in total. The van der Waals surface area contributed by atoms with E-state index in [1.54, 1.807) is 24.4 Å². The molecule has 0 aliphatic carbocycles. The quantitative estimate of drug-likeness (QED) is 0.750. The van der Waals surface area contributed by atoms with E-state index in [0.29, 0.717) is 5.82 Å². The molecule has 0 bridgehead atoms. The van der Waals surface area contributed by atoms with Gasteiger partial charge in [0.1, 0.15) is 11.5 Å². The highest BCUT2D eigenvalue weighted by Crippen LogP contribution is 2.09. The molecule has 0 atom stereocenters. The number of imidazole rings is 1. The van der Waals surface area contributed by atoms with Gasteiger partial charge in [0.25, 0.3) is 0 Å². The first-order valence-corrected chi connectivity index (χ1v) is 6.39. The summed E-state index contributed by atoms with van der Waals surface area (Å²) in [5, 5.41) is 2.68. The van der Waals surface area contributed by atoms with Gasteiger partial charge in [0.05, 0.1) is 6.20 Å². The Balaban J connectivity index is 1.69. The second kappa shape index (κ2) is 5.58. The van der Waals surface area contributed by atoms with Crippen LogP contribution in [0.5, 0.6) is 0 Å². The molecule has 4 nitrogen and oxygen atoms in total. The lowest BCUT2D eigenvalue weighted by atomic mass is 10.2. The summed E-state index contributed by atoms with van der Waals surface area (Å²) in [5.74, 6) is -0.112. The number of benzene rings is 1. The first-order valence-electron chi connectivity index (χ1n) is 6.39. The van der Waals surface area contributed by atoms with Crippen molar-refractivity contribution >= 4 is 23.4 Å². The van der Waals surface area contributed by atoms with Crippen LogP contribution < -0.4 is 5.32 Å². The van der Waals surface area contributed by atoms with Crippen molar-refractivity contribution in [3.05, 3.63) is 72.3 Å². The second-order valence-electron chi connectivity index (χ2n) is 4.47. The molecule has 3 aromatic rings. The minimum atomic E-state index is -0.304. The molecule has 104 valence electrons. The summed E-state index contributed by atoms with van der Waals surface area (Å²) < 4.78 is 14.6. The molecule has 0 spiro atoms. The number of hydrogen-bond donors (Lipinski definition) is 1. The maximum Gasteiger partial charge on any atom is 0.249 e. The van der Waals surface area contributed by atoms with E-state index in [2.05, 4.69) is 10.3 Å². The summed E-state index contributed by atoms with van der Waals surface area (Å²) in [6.07, 6.45) is 6.59. The number of halogens is 1. The van der Waals surface area contributed by atoms with Gasteiger partial charge in [-0.1, -0.05) is 18.2 Å². The minimum absolute atomic E-state index is 0.289. The first-order chi connectivity index (χ1) is 10.2. The fourth-order valence-electron chi connectivity index (χ4n) is 1.91. The topological polar surface area (TPSA) is 46.4 Å². The third-order valence-corrected chi connectivity index (χ3v) is 2.91. The van der Waals surface area contributed by atoms with Gasteiger partial charge in [-0.25, -0.2) is 9.37 Å². The van der Waals surface area contributed by atoms with Crippen LogP contribution in [0.25, 0.3) is 11.7 Å². The Kier molecular flexibility index (Phi) is 3.47. The molecule has 0 saturated heterocycles. The van der Waals surface area contributed by atoms with E-state index >= 15 is 0 Å². The van der Waals surface area contributed by atoms with Gasteiger partial charge in [0.15, 0.2) is 5.82 Å². The zero-order valence-corrected chi connectivity index (χ0v) is 11.0. The number of hydrogen-bond acceptors (Lipinski definition) is 2. The molecule has 1 amide bonds. The van der Waals surface area contributed by atoms with E-state index in [1.807, 2.05) is 28.8 Å². The largest absolute Gasteiger partial charge is 0.306 e. The summed E-state index contributed by atoms with van der Waals surface area (Å²) in [4.78, 5) is 16.1. The number of carbonyl (C=O) groups excluding carboxylic acids is 1. The molecule has 0 saturated carbocycles. The molecule has 0 aliphatic rings. The Morgan fingerprint density at radius 1 is 1.19 bits per heavy atom. The van der Waals surface area contributed by atoms with Crippen molar-refractivity contribution in [3.63, 3.8) is 0 Å². The third kappa shape index (κ3) is 3.14. The zero-order valence-electron chi connectivity index (χ0n) is 11.0. The summed E-state index contributed by atoms with van der Waals surface area (Å²) in [6, 6.07) is 11.5. The zero-order chi connectivity index (χ0) is 14.7. The van der Waals surface area contributed by atoms with E-state index in [9.17, 15) is 9.18 Å². The van der Waals surface area contributed by atoms with Gasteiger partial charge < -0.3 is 9.72 Å². The van der Waals surface area contributed by atoms with E-state index < -0.39 is 0 Å². The van der Waals surface area contributed by atoms with Crippen molar-refractivity contribution < 1.29 is 9.18 Å². The Labute approximate surface area is 120 Å². The number of carbonyl (C=O) groups is 1. The Hall–Kier alpha value is -2.95. The van der Waals surface area contributed by atoms with Crippen LogP contribution in [0, 0.1) is 5.82 Å². The van der Waals surface area contributed by atoms with Gasteiger partial charge in [0.2, 0.25) is 5.91 Å². The lowest BCUT2D eigenvalue weighted by molar-refractivity contribution is -0.111. The molecule has 0 fully saturated rings.